The minimum absolute atomic E-state index is 0.0379. The fraction of sp³-hybridized carbons (Fsp3) is 0.333. The fourth-order valence-electron chi connectivity index (χ4n) is 4.00. The van der Waals surface area contributed by atoms with E-state index in [-0.39, 0.29) is 17.7 Å². The number of rotatable bonds is 6. The highest BCUT2D eigenvalue weighted by molar-refractivity contribution is 5.96. The zero-order chi connectivity index (χ0) is 20.5. The predicted molar refractivity (Wildman–Crippen MR) is 114 cm³/mol. The smallest absolute Gasteiger partial charge is 0.254 e. The summed E-state index contributed by atoms with van der Waals surface area (Å²) >= 11 is 0. The van der Waals surface area contributed by atoms with Crippen LogP contribution in [0.5, 0.6) is 5.75 Å². The second-order valence-corrected chi connectivity index (χ2v) is 7.78. The number of hydrogen-bond donors (Lipinski definition) is 1. The molecule has 1 saturated carbocycles. The molecule has 1 aliphatic carbocycles. The molecule has 5 nitrogen and oxygen atoms in total. The van der Waals surface area contributed by atoms with E-state index in [1.165, 1.54) is 0 Å². The first kappa shape index (κ1) is 19.2. The average Bonchev–Trinajstić information content (AvgIpc) is 3.51. The van der Waals surface area contributed by atoms with Crippen LogP contribution in [0.25, 0.3) is 11.1 Å². The van der Waals surface area contributed by atoms with Crippen molar-refractivity contribution in [2.45, 2.75) is 52.7 Å². The van der Waals surface area contributed by atoms with E-state index in [2.05, 4.69) is 18.9 Å². The van der Waals surface area contributed by atoms with Crippen molar-refractivity contribution >= 4 is 5.91 Å². The Kier molecular flexibility index (Phi) is 5.14. The molecular weight excluding hydrogens is 362 g/mol. The zero-order valence-electron chi connectivity index (χ0n) is 17.2. The van der Waals surface area contributed by atoms with Crippen LogP contribution < -0.4 is 0 Å². The Bertz CT molecular complexity index is 1050. The maximum Gasteiger partial charge on any atom is 0.254 e. The summed E-state index contributed by atoms with van der Waals surface area (Å²) < 4.78 is 2.00. The van der Waals surface area contributed by atoms with Crippen molar-refractivity contribution < 1.29 is 9.90 Å². The molecule has 5 heteroatoms. The van der Waals surface area contributed by atoms with Gasteiger partial charge in [-0.1, -0.05) is 24.3 Å². The number of nitrogens with zero attached hydrogens (tertiary/aromatic N) is 3. The number of amides is 1. The van der Waals surface area contributed by atoms with Gasteiger partial charge in [-0.15, -0.1) is 0 Å². The van der Waals surface area contributed by atoms with Crippen LogP contribution in [0.4, 0.5) is 0 Å². The zero-order valence-corrected chi connectivity index (χ0v) is 17.2. The molecule has 1 fully saturated rings. The molecular formula is C24H27N3O2. The second kappa shape index (κ2) is 7.74. The standard InChI is InChI=1S/C24H27N3O2/c1-4-27-17(3)23(16(2)25-27)19-8-6-9-20(14-19)24(29)26(21-11-12-21)15-18-7-5-10-22(28)13-18/h5-10,13-14,21,28H,4,11-12,15H2,1-3H3. The average molecular weight is 389 g/mol. The van der Waals surface area contributed by atoms with Gasteiger partial charge in [0, 0.05) is 36.0 Å². The molecule has 1 N–H and O–H groups in total. The van der Waals surface area contributed by atoms with E-state index in [1.54, 1.807) is 12.1 Å². The molecule has 4 rings (SSSR count). The van der Waals surface area contributed by atoms with Crippen LogP contribution in [0.1, 0.15) is 47.1 Å². The van der Waals surface area contributed by atoms with Gasteiger partial charge in [0.25, 0.3) is 5.91 Å². The van der Waals surface area contributed by atoms with Gasteiger partial charge in [-0.2, -0.15) is 5.10 Å². The van der Waals surface area contributed by atoms with Gasteiger partial charge in [0.2, 0.25) is 0 Å². The van der Waals surface area contributed by atoms with Gasteiger partial charge >= 0.3 is 0 Å². The second-order valence-electron chi connectivity index (χ2n) is 7.78. The Balaban J connectivity index is 1.64. The summed E-state index contributed by atoms with van der Waals surface area (Å²) in [5, 5.41) is 14.4. The molecule has 0 radical (unpaired) electrons. The number of aromatic hydroxyl groups is 1. The summed E-state index contributed by atoms with van der Waals surface area (Å²) in [7, 11) is 0. The van der Waals surface area contributed by atoms with Crippen molar-refractivity contribution in [3.8, 4) is 16.9 Å². The molecule has 29 heavy (non-hydrogen) atoms. The van der Waals surface area contributed by atoms with Gasteiger partial charge in [0.05, 0.1) is 5.69 Å². The lowest BCUT2D eigenvalue weighted by Gasteiger charge is -2.23. The van der Waals surface area contributed by atoms with Crippen molar-refractivity contribution in [2.24, 2.45) is 0 Å². The number of phenolic OH excluding ortho intramolecular Hbond substituents is 1. The van der Waals surface area contributed by atoms with Crippen LogP contribution >= 0.6 is 0 Å². The molecule has 1 aromatic heterocycles. The monoisotopic (exact) mass is 389 g/mol. The Labute approximate surface area is 171 Å². The third kappa shape index (κ3) is 3.90. The van der Waals surface area contributed by atoms with Crippen molar-refractivity contribution in [3.63, 3.8) is 0 Å². The van der Waals surface area contributed by atoms with Gasteiger partial charge in [-0.25, -0.2) is 0 Å². The Morgan fingerprint density at radius 1 is 1.17 bits per heavy atom. The Hall–Kier alpha value is -3.08. The van der Waals surface area contributed by atoms with Crippen molar-refractivity contribution in [1.29, 1.82) is 0 Å². The molecule has 0 unspecified atom stereocenters. The molecule has 150 valence electrons. The molecule has 1 amide bonds. The van der Waals surface area contributed by atoms with E-state index in [9.17, 15) is 9.90 Å². The van der Waals surface area contributed by atoms with Gasteiger partial charge in [0.15, 0.2) is 0 Å². The van der Waals surface area contributed by atoms with E-state index in [4.69, 9.17) is 0 Å². The third-order valence-corrected chi connectivity index (χ3v) is 5.59. The van der Waals surface area contributed by atoms with Crippen molar-refractivity contribution in [1.82, 2.24) is 14.7 Å². The summed E-state index contributed by atoms with van der Waals surface area (Å²) in [5.41, 5.74) is 5.86. The van der Waals surface area contributed by atoms with Gasteiger partial charge in [-0.05, 0) is 69.0 Å². The van der Waals surface area contributed by atoms with Crippen LogP contribution in [0, 0.1) is 13.8 Å². The minimum Gasteiger partial charge on any atom is -0.508 e. The van der Waals surface area contributed by atoms with Crippen molar-refractivity contribution in [2.75, 3.05) is 0 Å². The largest absolute Gasteiger partial charge is 0.508 e. The lowest BCUT2D eigenvalue weighted by Crippen LogP contribution is -2.32. The lowest BCUT2D eigenvalue weighted by atomic mass is 10.0. The highest BCUT2D eigenvalue weighted by Crippen LogP contribution is 2.32. The minimum atomic E-state index is 0.0379. The molecule has 0 aliphatic heterocycles. The van der Waals surface area contributed by atoms with Crippen molar-refractivity contribution in [3.05, 3.63) is 71.0 Å². The fourth-order valence-corrected chi connectivity index (χ4v) is 4.00. The van der Waals surface area contributed by atoms with Gasteiger partial charge in [0.1, 0.15) is 5.75 Å². The van der Waals surface area contributed by atoms with Crippen LogP contribution in [-0.4, -0.2) is 31.7 Å². The maximum atomic E-state index is 13.4. The van der Waals surface area contributed by atoms with E-state index in [0.717, 1.165) is 47.5 Å². The van der Waals surface area contributed by atoms with Gasteiger partial charge in [-0.3, -0.25) is 9.48 Å². The quantitative estimate of drug-likeness (QED) is 0.665. The Morgan fingerprint density at radius 3 is 2.59 bits per heavy atom. The number of aromatic nitrogens is 2. The lowest BCUT2D eigenvalue weighted by molar-refractivity contribution is 0.0730. The third-order valence-electron chi connectivity index (χ3n) is 5.59. The number of aryl methyl sites for hydroxylation is 2. The van der Waals surface area contributed by atoms with E-state index < -0.39 is 0 Å². The molecule has 0 saturated heterocycles. The summed E-state index contributed by atoms with van der Waals surface area (Å²) in [5.74, 6) is 0.266. The number of carbonyl (C=O) groups is 1. The number of carbonyl (C=O) groups excluding carboxylic acids is 1. The number of phenols is 1. The first-order chi connectivity index (χ1) is 14.0. The molecule has 2 aromatic carbocycles. The molecule has 0 bridgehead atoms. The van der Waals surface area contributed by atoms with Crippen LogP contribution in [0.15, 0.2) is 48.5 Å². The normalized spacial score (nSPS) is 13.5. The SMILES string of the molecule is CCn1nc(C)c(-c2cccc(C(=O)N(Cc3cccc(O)c3)C3CC3)c2)c1C. The van der Waals surface area contributed by atoms with Gasteiger partial charge < -0.3 is 10.0 Å². The topological polar surface area (TPSA) is 58.4 Å². The summed E-state index contributed by atoms with van der Waals surface area (Å²) in [6, 6.07) is 15.3. The first-order valence-corrected chi connectivity index (χ1v) is 10.2. The first-order valence-electron chi connectivity index (χ1n) is 10.2. The maximum absolute atomic E-state index is 13.4. The summed E-state index contributed by atoms with van der Waals surface area (Å²) in [4.78, 5) is 15.3. The highest BCUT2D eigenvalue weighted by Gasteiger charge is 2.33. The van der Waals surface area contributed by atoms with E-state index >= 15 is 0 Å². The van der Waals surface area contributed by atoms with Crippen LogP contribution in [-0.2, 0) is 13.1 Å². The predicted octanol–water partition coefficient (Wildman–Crippen LogP) is 4.70. The molecule has 3 aromatic rings. The summed E-state index contributed by atoms with van der Waals surface area (Å²) in [6.07, 6.45) is 2.07. The molecule has 1 heterocycles. The molecule has 0 spiro atoms. The summed E-state index contributed by atoms with van der Waals surface area (Å²) in [6.45, 7) is 7.50. The number of hydrogen-bond acceptors (Lipinski definition) is 3. The Morgan fingerprint density at radius 2 is 1.93 bits per heavy atom. The highest BCUT2D eigenvalue weighted by atomic mass is 16.3. The molecule has 0 atom stereocenters. The molecule has 1 aliphatic rings. The number of benzene rings is 2. The van der Waals surface area contributed by atoms with E-state index in [1.807, 2.05) is 52.9 Å². The van der Waals surface area contributed by atoms with Crippen LogP contribution in [0.2, 0.25) is 0 Å². The van der Waals surface area contributed by atoms with E-state index in [0.29, 0.717) is 12.1 Å². The van der Waals surface area contributed by atoms with Crippen LogP contribution in [0.3, 0.4) is 0 Å².